The van der Waals surface area contributed by atoms with Crippen molar-refractivity contribution in [3.63, 3.8) is 0 Å². The van der Waals surface area contributed by atoms with Crippen LogP contribution >= 0.6 is 45.3 Å². The van der Waals surface area contributed by atoms with E-state index in [2.05, 4.69) is 161 Å². The van der Waals surface area contributed by atoms with E-state index in [1.807, 2.05) is 71.2 Å². The Balaban J connectivity index is 1.08. The fraction of sp³-hybridized carbons (Fsp3) is 0.0857. The number of ketones is 2. The van der Waals surface area contributed by atoms with E-state index < -0.39 is 10.8 Å². The number of allylic oxidation sites excluding steroid dienone is 6. The van der Waals surface area contributed by atoms with Gasteiger partial charge in [-0.2, -0.15) is 21.0 Å². The van der Waals surface area contributed by atoms with Crippen molar-refractivity contribution in [3.05, 3.63) is 279 Å². The lowest BCUT2D eigenvalue weighted by Gasteiger charge is -2.34. The summed E-state index contributed by atoms with van der Waals surface area (Å²) in [6, 6.07) is 62.8. The summed E-state index contributed by atoms with van der Waals surface area (Å²) in [5, 5.41) is 41.1. The first-order valence-electron chi connectivity index (χ1n) is 25.9. The molecule has 0 aliphatic heterocycles. The maximum atomic E-state index is 14.4. The zero-order valence-electron chi connectivity index (χ0n) is 43.4. The zero-order chi connectivity index (χ0) is 54.9. The third-order valence-electron chi connectivity index (χ3n) is 16.4. The van der Waals surface area contributed by atoms with Gasteiger partial charge in [0, 0.05) is 54.3 Å². The summed E-state index contributed by atoms with van der Waals surface area (Å²) in [7, 11) is 0. The Morgan fingerprint density at radius 1 is 0.400 bits per heavy atom. The number of carbonyl (C=O) groups is 2. The van der Waals surface area contributed by atoms with Gasteiger partial charge in [-0.25, -0.2) is 0 Å². The first-order chi connectivity index (χ1) is 38.9. The monoisotopic (exact) mass is 1100 g/mol. The molecule has 0 saturated heterocycles. The minimum atomic E-state index is -0.827. The maximum absolute atomic E-state index is 14.4. The summed E-state index contributed by atoms with van der Waals surface area (Å²) in [6.45, 7) is 8.43. The third-order valence-corrected chi connectivity index (χ3v) is 21.4. The summed E-state index contributed by atoms with van der Waals surface area (Å²) in [6.07, 6.45) is 3.78. The third kappa shape index (κ3) is 6.69. The molecule has 4 heterocycles. The van der Waals surface area contributed by atoms with E-state index in [0.29, 0.717) is 44.5 Å². The van der Waals surface area contributed by atoms with Crippen molar-refractivity contribution in [2.45, 2.75) is 38.5 Å². The lowest BCUT2D eigenvalue weighted by atomic mass is 9.67. The van der Waals surface area contributed by atoms with Crippen molar-refractivity contribution < 1.29 is 9.59 Å². The lowest BCUT2D eigenvalue weighted by Crippen LogP contribution is -2.28. The molecule has 376 valence electrons. The molecule has 10 aromatic rings. The van der Waals surface area contributed by atoms with Crippen LogP contribution in [0, 0.1) is 73.0 Å². The molecule has 80 heavy (non-hydrogen) atoms. The Morgan fingerprint density at radius 2 is 0.700 bits per heavy atom. The van der Waals surface area contributed by atoms with Gasteiger partial charge in [-0.3, -0.25) is 9.59 Å². The van der Waals surface area contributed by atoms with Crippen LogP contribution < -0.4 is 0 Å². The van der Waals surface area contributed by atoms with E-state index in [9.17, 15) is 30.6 Å². The molecule has 4 aliphatic carbocycles. The fourth-order valence-electron chi connectivity index (χ4n) is 12.8. The minimum absolute atomic E-state index is 0.101. The molecular weight excluding hydrogens is 1060 g/mol. The number of rotatable bonds is 6. The number of hydrogen-bond donors (Lipinski definition) is 0. The zero-order valence-corrected chi connectivity index (χ0v) is 46.7. The Hall–Kier alpha value is -9.36. The summed E-state index contributed by atoms with van der Waals surface area (Å²) in [4.78, 5) is 35.0. The smallest absolute Gasteiger partial charge is 0.194 e. The highest BCUT2D eigenvalue weighted by Crippen LogP contribution is 2.70. The molecule has 0 saturated carbocycles. The van der Waals surface area contributed by atoms with Crippen molar-refractivity contribution in [2.75, 3.05) is 0 Å². The van der Waals surface area contributed by atoms with Crippen LogP contribution in [0.15, 0.2) is 180 Å². The van der Waals surface area contributed by atoms with Crippen molar-refractivity contribution in [2.24, 2.45) is 0 Å². The molecule has 10 heteroatoms. The van der Waals surface area contributed by atoms with Gasteiger partial charge in [0.15, 0.2) is 11.6 Å². The van der Waals surface area contributed by atoms with Crippen molar-refractivity contribution >= 4 is 89.6 Å². The average Bonchev–Trinajstić information content (AvgIpc) is 3.92. The van der Waals surface area contributed by atoms with Gasteiger partial charge < -0.3 is 0 Å². The molecule has 6 nitrogen and oxygen atoms in total. The predicted octanol–water partition coefficient (Wildman–Crippen LogP) is 17.2. The van der Waals surface area contributed by atoms with Gasteiger partial charge in [0.25, 0.3) is 0 Å². The molecule has 4 aromatic heterocycles. The van der Waals surface area contributed by atoms with E-state index in [1.54, 1.807) is 34.8 Å². The molecule has 0 fully saturated rings. The summed E-state index contributed by atoms with van der Waals surface area (Å²) in [5.41, 5.74) is 15.2. The molecule has 4 aliphatic rings. The Kier molecular flexibility index (Phi) is 11.1. The summed E-state index contributed by atoms with van der Waals surface area (Å²) < 4.78 is 2.36. The topological polar surface area (TPSA) is 129 Å². The second-order valence-corrected chi connectivity index (χ2v) is 25.0. The summed E-state index contributed by atoms with van der Waals surface area (Å²) >= 11 is 6.91. The normalized spacial score (nSPS) is 15.7. The van der Waals surface area contributed by atoms with Gasteiger partial charge in [-0.1, -0.05) is 168 Å². The van der Waals surface area contributed by atoms with Crippen molar-refractivity contribution in [1.82, 2.24) is 0 Å². The Labute approximate surface area is 478 Å². The van der Waals surface area contributed by atoms with E-state index >= 15 is 0 Å². The van der Waals surface area contributed by atoms with Gasteiger partial charge in [-0.05, 0) is 96.5 Å². The number of aryl methyl sites for hydroxylation is 4. The molecular formula is C70H40N4O2S4. The van der Waals surface area contributed by atoms with Crippen LogP contribution in [0.3, 0.4) is 0 Å². The van der Waals surface area contributed by atoms with Crippen molar-refractivity contribution in [3.8, 4) is 43.8 Å². The summed E-state index contributed by atoms with van der Waals surface area (Å²) in [5.74, 6) is -0.436. The highest BCUT2D eigenvalue weighted by atomic mass is 32.1. The first kappa shape index (κ1) is 49.0. The van der Waals surface area contributed by atoms with Crippen molar-refractivity contribution in [1.29, 1.82) is 21.0 Å². The Morgan fingerprint density at radius 3 is 1.00 bits per heavy atom. The van der Waals surface area contributed by atoms with E-state index in [4.69, 9.17) is 0 Å². The molecule has 0 bridgehead atoms. The molecule has 0 spiro atoms. The SMILES string of the molecule is Cc1ccc(C2(c3ccc(C)cc3)c3cc(C=C4C(=O)c5ccccc5C4=C(C#N)C#N)sc3-c3sc4c5c(sc4c32)-c2sc(C=C3C(=O)c4ccccc4C3=C(C#N)C#N)cc2C5(c2ccc(C)cc2)c2ccc(C)cc2)cc1. The van der Waals surface area contributed by atoms with E-state index in [-0.39, 0.29) is 22.7 Å². The fourth-order valence-corrected chi connectivity index (χ4v) is 18.5. The number of fused-ring (bicyclic) bond motifs is 11. The van der Waals surface area contributed by atoms with Crippen LogP contribution in [0.1, 0.15) is 108 Å². The second kappa shape index (κ2) is 18.1. The van der Waals surface area contributed by atoms with Crippen LogP contribution in [0.25, 0.3) is 52.2 Å². The van der Waals surface area contributed by atoms with Crippen LogP contribution in [0.2, 0.25) is 0 Å². The van der Waals surface area contributed by atoms with Crippen LogP contribution in [-0.2, 0) is 10.8 Å². The van der Waals surface area contributed by atoms with Crippen LogP contribution in [-0.4, -0.2) is 11.6 Å². The highest BCUT2D eigenvalue weighted by molar-refractivity contribution is 7.34. The first-order valence-corrected chi connectivity index (χ1v) is 29.2. The molecule has 0 atom stereocenters. The number of hydrogen-bond acceptors (Lipinski definition) is 10. The average molecular weight is 1100 g/mol. The van der Waals surface area contributed by atoms with Crippen LogP contribution in [0.4, 0.5) is 0 Å². The van der Waals surface area contributed by atoms with E-state index in [0.717, 1.165) is 84.9 Å². The standard InChI is InChI=1S/C70H40N4O2S4/c1-37-13-21-43(22-14-37)69(44-23-15-38(2)16-24-44)55-31-47(29-53-57(41(33-71)34-72)49-9-5-7-11-51(49)61(53)75)77-63(55)65-59(69)67-68(79-65)60-66(80-67)64-56(70(60,45-25-17-39(3)18-26-45)46-27-19-40(4)20-28-46)32-48(78-64)30-54-58(42(35-73)36-74)50-10-6-8-12-52(50)62(54)76/h5-32H,1-4H3. The number of nitriles is 4. The van der Waals surface area contributed by atoms with Gasteiger partial charge in [0.05, 0.1) is 39.7 Å². The molecule has 0 radical (unpaired) electrons. The van der Waals surface area contributed by atoms with Gasteiger partial charge in [0.1, 0.15) is 35.4 Å². The molecule has 0 N–H and O–H groups in total. The molecule has 0 unspecified atom stereocenters. The number of thiophene rings is 4. The minimum Gasteiger partial charge on any atom is -0.289 e. The molecule has 0 amide bonds. The maximum Gasteiger partial charge on any atom is 0.194 e. The second-order valence-electron chi connectivity index (χ2n) is 20.8. The number of carbonyl (C=O) groups excluding carboxylic acids is 2. The molecule has 14 rings (SSSR count). The lowest BCUT2D eigenvalue weighted by molar-refractivity contribution is 0.103. The Bertz CT molecular complexity index is 4320. The van der Waals surface area contributed by atoms with Crippen LogP contribution in [0.5, 0.6) is 0 Å². The predicted molar refractivity (Wildman–Crippen MR) is 323 cm³/mol. The quantitative estimate of drug-likeness (QED) is 0.120. The van der Waals surface area contributed by atoms with Gasteiger partial charge >= 0.3 is 0 Å². The largest absolute Gasteiger partial charge is 0.289 e. The number of nitrogens with zero attached hydrogens (tertiary/aromatic N) is 4. The molecule has 6 aromatic carbocycles. The number of benzene rings is 6. The highest BCUT2D eigenvalue weighted by Gasteiger charge is 2.55. The van der Waals surface area contributed by atoms with Gasteiger partial charge in [0.2, 0.25) is 0 Å². The van der Waals surface area contributed by atoms with Gasteiger partial charge in [-0.15, -0.1) is 45.3 Å². The van der Waals surface area contributed by atoms with E-state index in [1.165, 1.54) is 20.5 Å². The number of Topliss-reactive ketones (excluding diaryl/α,β-unsaturated/α-hetero) is 2.